The minimum absolute atomic E-state index is 0.0993. The summed E-state index contributed by atoms with van der Waals surface area (Å²) in [7, 11) is 1.85. The highest BCUT2D eigenvalue weighted by atomic mass is 16.5. The molecular formula is C22H27N5O2. The molecule has 3 aromatic rings. The Labute approximate surface area is 170 Å². The summed E-state index contributed by atoms with van der Waals surface area (Å²) < 4.78 is 7.17. The molecule has 0 aliphatic carbocycles. The van der Waals surface area contributed by atoms with Crippen molar-refractivity contribution in [2.45, 2.75) is 26.9 Å². The Balaban J connectivity index is 1.53. The fourth-order valence-corrected chi connectivity index (χ4v) is 3.90. The Morgan fingerprint density at radius 1 is 1.17 bits per heavy atom. The average Bonchev–Trinajstić information content (AvgIpc) is 3.00. The number of nitrogens with one attached hydrogen (secondary N) is 1. The molecule has 0 spiro atoms. The number of rotatable bonds is 5. The van der Waals surface area contributed by atoms with Crippen molar-refractivity contribution in [2.24, 2.45) is 7.05 Å². The van der Waals surface area contributed by atoms with Crippen LogP contribution in [-0.4, -0.2) is 51.9 Å². The molecule has 1 aromatic carbocycles. The molecule has 1 fully saturated rings. The monoisotopic (exact) mass is 393 g/mol. The van der Waals surface area contributed by atoms with Gasteiger partial charge in [-0.3, -0.25) is 14.4 Å². The quantitative estimate of drug-likeness (QED) is 0.720. The number of hydrogen-bond donors (Lipinski definition) is 1. The average molecular weight is 393 g/mol. The van der Waals surface area contributed by atoms with Crippen molar-refractivity contribution in [3.63, 3.8) is 0 Å². The van der Waals surface area contributed by atoms with Crippen molar-refractivity contribution in [3.8, 4) is 0 Å². The second-order valence-corrected chi connectivity index (χ2v) is 7.56. The molecule has 0 radical (unpaired) electrons. The molecule has 7 nitrogen and oxygen atoms in total. The molecule has 152 valence electrons. The van der Waals surface area contributed by atoms with Crippen molar-refractivity contribution < 1.29 is 9.53 Å². The van der Waals surface area contributed by atoms with Crippen LogP contribution in [0.15, 0.2) is 30.3 Å². The van der Waals surface area contributed by atoms with Crippen molar-refractivity contribution >= 4 is 16.9 Å². The van der Waals surface area contributed by atoms with E-state index in [1.165, 1.54) is 5.56 Å². The first kappa shape index (κ1) is 19.5. The van der Waals surface area contributed by atoms with Crippen molar-refractivity contribution in [3.05, 3.63) is 58.4 Å². The molecule has 0 atom stereocenters. The fraction of sp³-hybridized carbons (Fsp3) is 0.409. The second-order valence-electron chi connectivity index (χ2n) is 7.56. The van der Waals surface area contributed by atoms with Gasteiger partial charge < -0.3 is 10.1 Å². The SMILES string of the molecule is Cc1cc(C(=O)NCc2ccccc2CN2CCOCC2)c2c(C)nn(C)c2n1. The van der Waals surface area contributed by atoms with Crippen molar-refractivity contribution in [1.29, 1.82) is 0 Å². The Bertz CT molecular complexity index is 1040. The first-order valence-electron chi connectivity index (χ1n) is 9.99. The van der Waals surface area contributed by atoms with Crippen LogP contribution in [-0.2, 0) is 24.9 Å². The lowest BCUT2D eigenvalue weighted by Crippen LogP contribution is -2.36. The second kappa shape index (κ2) is 8.31. The number of carbonyl (C=O) groups excluding carboxylic acids is 1. The number of carbonyl (C=O) groups is 1. The molecule has 1 aliphatic heterocycles. The number of aromatic nitrogens is 3. The largest absolute Gasteiger partial charge is 0.379 e. The third kappa shape index (κ3) is 4.16. The summed E-state index contributed by atoms with van der Waals surface area (Å²) in [6.07, 6.45) is 0. The fourth-order valence-electron chi connectivity index (χ4n) is 3.90. The molecule has 3 heterocycles. The van der Waals surface area contributed by atoms with Gasteiger partial charge in [0.2, 0.25) is 0 Å². The van der Waals surface area contributed by atoms with E-state index in [2.05, 4.69) is 38.5 Å². The van der Waals surface area contributed by atoms with Gasteiger partial charge >= 0.3 is 0 Å². The lowest BCUT2D eigenvalue weighted by atomic mass is 10.1. The van der Waals surface area contributed by atoms with E-state index in [1.807, 2.05) is 33.0 Å². The lowest BCUT2D eigenvalue weighted by Gasteiger charge is -2.27. The van der Waals surface area contributed by atoms with Crippen molar-refractivity contribution in [2.75, 3.05) is 26.3 Å². The number of amides is 1. The molecule has 7 heteroatoms. The number of nitrogens with zero attached hydrogens (tertiary/aromatic N) is 4. The van der Waals surface area contributed by atoms with Crippen LogP contribution in [0.4, 0.5) is 0 Å². The zero-order chi connectivity index (χ0) is 20.4. The summed E-state index contributed by atoms with van der Waals surface area (Å²) in [5, 5.41) is 8.35. The lowest BCUT2D eigenvalue weighted by molar-refractivity contribution is 0.0340. The van der Waals surface area contributed by atoms with E-state index in [4.69, 9.17) is 4.74 Å². The number of benzene rings is 1. The molecule has 0 unspecified atom stereocenters. The summed E-state index contributed by atoms with van der Waals surface area (Å²) in [5.74, 6) is -0.0993. The van der Waals surface area contributed by atoms with Gasteiger partial charge in [-0.1, -0.05) is 24.3 Å². The van der Waals surface area contributed by atoms with Crippen LogP contribution < -0.4 is 5.32 Å². The standard InChI is InChI=1S/C22H27N5O2/c1-15-12-19(20-16(2)25-26(3)21(20)24-15)22(28)23-13-17-6-4-5-7-18(17)14-27-8-10-29-11-9-27/h4-7,12H,8-11,13-14H2,1-3H3,(H,23,28). The van der Waals surface area contributed by atoms with Crippen LogP contribution in [0, 0.1) is 13.8 Å². The normalized spacial score (nSPS) is 15.0. The van der Waals surface area contributed by atoms with Gasteiger partial charge in [0.1, 0.15) is 0 Å². The van der Waals surface area contributed by atoms with Gasteiger partial charge in [-0.2, -0.15) is 5.10 Å². The summed E-state index contributed by atoms with van der Waals surface area (Å²) in [6.45, 7) is 8.60. The Morgan fingerprint density at radius 3 is 2.66 bits per heavy atom. The van der Waals surface area contributed by atoms with Gasteiger partial charge in [-0.05, 0) is 31.0 Å². The van der Waals surface area contributed by atoms with E-state index < -0.39 is 0 Å². The summed E-state index contributed by atoms with van der Waals surface area (Å²) in [5.41, 5.74) is 5.36. The number of morpholine rings is 1. The number of hydrogen-bond acceptors (Lipinski definition) is 5. The third-order valence-corrected chi connectivity index (χ3v) is 5.40. The first-order valence-corrected chi connectivity index (χ1v) is 9.99. The van der Waals surface area contributed by atoms with E-state index >= 15 is 0 Å². The minimum Gasteiger partial charge on any atom is -0.379 e. The maximum absolute atomic E-state index is 13.0. The predicted molar refractivity (Wildman–Crippen MR) is 112 cm³/mol. The van der Waals surface area contributed by atoms with E-state index in [1.54, 1.807) is 4.68 Å². The molecule has 4 rings (SSSR count). The first-order chi connectivity index (χ1) is 14.0. The van der Waals surface area contributed by atoms with Gasteiger partial charge in [0, 0.05) is 38.9 Å². The molecule has 1 aliphatic rings. The smallest absolute Gasteiger partial charge is 0.252 e. The van der Waals surface area contributed by atoms with Crippen LogP contribution in [0.5, 0.6) is 0 Å². The van der Waals surface area contributed by atoms with Crippen LogP contribution >= 0.6 is 0 Å². The molecule has 2 aromatic heterocycles. The highest BCUT2D eigenvalue weighted by Gasteiger charge is 2.18. The highest BCUT2D eigenvalue weighted by molar-refractivity contribution is 6.06. The maximum atomic E-state index is 13.0. The van der Waals surface area contributed by atoms with Gasteiger partial charge in [0.15, 0.2) is 5.65 Å². The Kier molecular flexibility index (Phi) is 5.60. The van der Waals surface area contributed by atoms with E-state index in [9.17, 15) is 4.79 Å². The molecule has 0 saturated carbocycles. The molecular weight excluding hydrogens is 366 g/mol. The van der Waals surface area contributed by atoms with Gasteiger partial charge in [-0.25, -0.2) is 4.98 Å². The maximum Gasteiger partial charge on any atom is 0.252 e. The highest BCUT2D eigenvalue weighted by Crippen LogP contribution is 2.22. The molecule has 1 amide bonds. The molecule has 1 saturated heterocycles. The topological polar surface area (TPSA) is 72.3 Å². The van der Waals surface area contributed by atoms with Crippen LogP contribution in [0.25, 0.3) is 11.0 Å². The number of ether oxygens (including phenoxy) is 1. The molecule has 0 bridgehead atoms. The Morgan fingerprint density at radius 2 is 1.90 bits per heavy atom. The molecule has 29 heavy (non-hydrogen) atoms. The van der Waals surface area contributed by atoms with Crippen LogP contribution in [0.3, 0.4) is 0 Å². The van der Waals surface area contributed by atoms with Crippen molar-refractivity contribution in [1.82, 2.24) is 25.0 Å². The number of pyridine rings is 1. The van der Waals surface area contributed by atoms with E-state index in [-0.39, 0.29) is 5.91 Å². The summed E-state index contributed by atoms with van der Waals surface area (Å²) >= 11 is 0. The number of aryl methyl sites for hydroxylation is 3. The number of fused-ring (bicyclic) bond motifs is 1. The zero-order valence-electron chi connectivity index (χ0n) is 17.2. The molecule has 1 N–H and O–H groups in total. The van der Waals surface area contributed by atoms with Gasteiger partial charge in [0.25, 0.3) is 5.91 Å². The summed E-state index contributed by atoms with van der Waals surface area (Å²) in [6, 6.07) is 10.1. The summed E-state index contributed by atoms with van der Waals surface area (Å²) in [4.78, 5) is 20.0. The van der Waals surface area contributed by atoms with Gasteiger partial charge in [0.05, 0.1) is 29.9 Å². The van der Waals surface area contributed by atoms with Gasteiger partial charge in [-0.15, -0.1) is 0 Å². The van der Waals surface area contributed by atoms with Crippen LogP contribution in [0.2, 0.25) is 0 Å². The van der Waals surface area contributed by atoms with Crippen LogP contribution in [0.1, 0.15) is 32.9 Å². The minimum atomic E-state index is -0.0993. The zero-order valence-corrected chi connectivity index (χ0v) is 17.2. The van der Waals surface area contributed by atoms with E-state index in [0.29, 0.717) is 12.1 Å². The predicted octanol–water partition coefficient (Wildman–Crippen LogP) is 2.35. The van der Waals surface area contributed by atoms with E-state index in [0.717, 1.165) is 60.8 Å². The Hall–Kier alpha value is -2.77. The third-order valence-electron chi connectivity index (χ3n) is 5.40.